The van der Waals surface area contributed by atoms with Gasteiger partial charge in [-0.15, -0.1) is 0 Å². The van der Waals surface area contributed by atoms with Gasteiger partial charge in [0.15, 0.2) is 0 Å². The van der Waals surface area contributed by atoms with Crippen molar-refractivity contribution in [3.8, 4) is 5.75 Å². The molecular formula is C29H33Cl2N3O5S. The number of benzene rings is 3. The van der Waals surface area contributed by atoms with E-state index >= 15 is 0 Å². The van der Waals surface area contributed by atoms with Gasteiger partial charge in [-0.2, -0.15) is 0 Å². The molecule has 0 saturated heterocycles. The van der Waals surface area contributed by atoms with Crippen LogP contribution >= 0.6 is 23.2 Å². The first-order valence-corrected chi connectivity index (χ1v) is 14.9. The summed E-state index contributed by atoms with van der Waals surface area (Å²) in [6, 6.07) is 18.4. The summed E-state index contributed by atoms with van der Waals surface area (Å²) in [4.78, 5) is 28.5. The fourth-order valence-electron chi connectivity index (χ4n) is 3.93. The van der Waals surface area contributed by atoms with Gasteiger partial charge in [0.05, 0.1) is 27.7 Å². The molecule has 0 saturated carbocycles. The van der Waals surface area contributed by atoms with Crippen LogP contribution in [0, 0.1) is 0 Å². The Kier molecular flexibility index (Phi) is 10.8. The third kappa shape index (κ3) is 7.47. The molecule has 0 heterocycles. The molecule has 40 heavy (non-hydrogen) atoms. The lowest BCUT2D eigenvalue weighted by atomic mass is 10.1. The van der Waals surface area contributed by atoms with E-state index in [1.807, 2.05) is 13.8 Å². The Morgan fingerprint density at radius 2 is 1.65 bits per heavy atom. The third-order valence-electron chi connectivity index (χ3n) is 6.47. The molecule has 2 amide bonds. The predicted molar refractivity (Wildman–Crippen MR) is 158 cm³/mol. The molecule has 1 N–H and O–H groups in total. The number of halogens is 2. The van der Waals surface area contributed by atoms with Crippen LogP contribution in [0.3, 0.4) is 0 Å². The first kappa shape index (κ1) is 31.3. The molecule has 3 aromatic carbocycles. The minimum Gasteiger partial charge on any atom is -0.497 e. The van der Waals surface area contributed by atoms with Crippen LogP contribution in [-0.2, 0) is 26.2 Å². The second-order valence-corrected chi connectivity index (χ2v) is 11.9. The number of hydrogen-bond acceptors (Lipinski definition) is 5. The van der Waals surface area contributed by atoms with Crippen molar-refractivity contribution in [3.05, 3.63) is 88.4 Å². The van der Waals surface area contributed by atoms with Crippen LogP contribution in [0.1, 0.15) is 32.8 Å². The summed E-state index contributed by atoms with van der Waals surface area (Å²) >= 11 is 12.7. The highest BCUT2D eigenvalue weighted by Gasteiger charge is 2.34. The van der Waals surface area contributed by atoms with Crippen molar-refractivity contribution in [1.82, 2.24) is 10.2 Å². The predicted octanol–water partition coefficient (Wildman–Crippen LogP) is 5.53. The van der Waals surface area contributed by atoms with E-state index in [4.69, 9.17) is 27.9 Å². The summed E-state index contributed by atoms with van der Waals surface area (Å²) in [5, 5.41) is 3.02. The number of sulfonamides is 1. The molecule has 0 fully saturated rings. The van der Waals surface area contributed by atoms with E-state index in [1.165, 1.54) is 36.3 Å². The van der Waals surface area contributed by atoms with Gasteiger partial charge >= 0.3 is 0 Å². The molecule has 0 aliphatic heterocycles. The number of amides is 2. The average molecular weight is 607 g/mol. The molecule has 2 unspecified atom stereocenters. The summed E-state index contributed by atoms with van der Waals surface area (Å²) < 4.78 is 33.9. The highest BCUT2D eigenvalue weighted by Crippen LogP contribution is 2.35. The molecule has 0 spiro atoms. The Morgan fingerprint density at radius 3 is 2.30 bits per heavy atom. The Hall–Kier alpha value is -3.27. The van der Waals surface area contributed by atoms with Gasteiger partial charge in [-0.3, -0.25) is 13.9 Å². The summed E-state index contributed by atoms with van der Waals surface area (Å²) in [6.45, 7) is 4.83. The number of nitrogens with one attached hydrogen (secondary N) is 1. The van der Waals surface area contributed by atoms with Crippen LogP contribution in [-0.4, -0.2) is 50.9 Å². The Morgan fingerprint density at radius 1 is 0.975 bits per heavy atom. The first-order valence-electron chi connectivity index (χ1n) is 12.7. The topological polar surface area (TPSA) is 96.0 Å². The zero-order valence-corrected chi connectivity index (χ0v) is 25.1. The Bertz CT molecular complexity index is 1440. The number of carbonyl (C=O) groups is 2. The fourth-order valence-corrected chi connectivity index (χ4v) is 5.83. The Balaban J connectivity index is 2.06. The molecule has 8 nitrogen and oxygen atoms in total. The fraction of sp³-hybridized carbons (Fsp3) is 0.310. The third-order valence-corrected chi connectivity index (χ3v) is 9.05. The smallest absolute Gasteiger partial charge is 0.264 e. The highest BCUT2D eigenvalue weighted by molar-refractivity contribution is 7.92. The minimum atomic E-state index is -4.25. The Labute approximate surface area is 245 Å². The second kappa shape index (κ2) is 13.9. The largest absolute Gasteiger partial charge is 0.497 e. The van der Waals surface area contributed by atoms with Gasteiger partial charge in [0.1, 0.15) is 18.3 Å². The highest BCUT2D eigenvalue weighted by atomic mass is 35.5. The van der Waals surface area contributed by atoms with Crippen LogP contribution < -0.4 is 14.4 Å². The summed E-state index contributed by atoms with van der Waals surface area (Å²) in [5.41, 5.74) is 0.749. The maximum atomic E-state index is 14.0. The van der Waals surface area contributed by atoms with Gasteiger partial charge < -0.3 is 15.0 Å². The number of methoxy groups -OCH3 is 1. The van der Waals surface area contributed by atoms with Gasteiger partial charge in [-0.25, -0.2) is 8.42 Å². The molecule has 0 bridgehead atoms. The number of nitrogens with zero attached hydrogens (tertiary/aromatic N) is 2. The lowest BCUT2D eigenvalue weighted by Gasteiger charge is -2.32. The van der Waals surface area contributed by atoms with E-state index in [9.17, 15) is 18.0 Å². The number of hydrogen-bond donors (Lipinski definition) is 1. The first-order chi connectivity index (χ1) is 19.0. The van der Waals surface area contributed by atoms with Crippen molar-refractivity contribution in [2.45, 2.75) is 50.7 Å². The maximum Gasteiger partial charge on any atom is 0.264 e. The van der Waals surface area contributed by atoms with Crippen LogP contribution in [0.5, 0.6) is 5.75 Å². The summed E-state index contributed by atoms with van der Waals surface area (Å²) in [7, 11) is -2.72. The van der Waals surface area contributed by atoms with Crippen molar-refractivity contribution in [3.63, 3.8) is 0 Å². The van der Waals surface area contributed by atoms with E-state index in [2.05, 4.69) is 5.32 Å². The van der Waals surface area contributed by atoms with Gasteiger partial charge in [0, 0.05) is 12.6 Å². The monoisotopic (exact) mass is 605 g/mol. The molecule has 2 atom stereocenters. The van der Waals surface area contributed by atoms with Crippen molar-refractivity contribution < 1.29 is 22.7 Å². The minimum absolute atomic E-state index is 0.0154. The number of rotatable bonds is 12. The van der Waals surface area contributed by atoms with Gasteiger partial charge in [-0.1, -0.05) is 66.5 Å². The van der Waals surface area contributed by atoms with Gasteiger partial charge in [-0.05, 0) is 62.2 Å². The normalized spacial score (nSPS) is 12.8. The van der Waals surface area contributed by atoms with Crippen LogP contribution in [0.2, 0.25) is 10.0 Å². The lowest BCUT2D eigenvalue weighted by molar-refractivity contribution is -0.139. The molecule has 0 aromatic heterocycles. The number of carbonyl (C=O) groups excluding carboxylic acids is 2. The second-order valence-electron chi connectivity index (χ2n) is 9.26. The van der Waals surface area contributed by atoms with Crippen molar-refractivity contribution in [2.24, 2.45) is 0 Å². The maximum absolute atomic E-state index is 14.0. The van der Waals surface area contributed by atoms with Crippen LogP contribution in [0.25, 0.3) is 0 Å². The van der Waals surface area contributed by atoms with E-state index < -0.39 is 28.5 Å². The van der Waals surface area contributed by atoms with E-state index in [0.29, 0.717) is 17.7 Å². The molecule has 0 radical (unpaired) electrons. The average Bonchev–Trinajstić information content (AvgIpc) is 2.96. The van der Waals surface area contributed by atoms with Crippen LogP contribution in [0.15, 0.2) is 77.7 Å². The van der Waals surface area contributed by atoms with Gasteiger partial charge in [0.2, 0.25) is 11.8 Å². The van der Waals surface area contributed by atoms with Crippen molar-refractivity contribution >= 4 is 50.7 Å². The van der Waals surface area contributed by atoms with Crippen LogP contribution in [0.4, 0.5) is 5.69 Å². The molecule has 0 aliphatic carbocycles. The molecule has 214 valence electrons. The van der Waals surface area contributed by atoms with Crippen molar-refractivity contribution in [2.75, 3.05) is 18.0 Å². The molecule has 3 rings (SSSR count). The standard InChI is InChI=1S/C29H33Cl2N3O5S/c1-5-20(2)32-29(36)21(3)33(18-22-11-9-12-23(17-22)39-4)27(35)19-34(26-16-10-15-25(30)28(26)31)40(37,38)24-13-7-6-8-14-24/h6-17,20-21H,5,18-19H2,1-4H3,(H,32,36). The molecule has 11 heteroatoms. The molecular weight excluding hydrogens is 573 g/mol. The zero-order chi connectivity index (χ0) is 29.4. The SMILES string of the molecule is CCC(C)NC(=O)C(C)N(Cc1cccc(OC)c1)C(=O)CN(c1cccc(Cl)c1Cl)S(=O)(=O)c1ccccc1. The summed E-state index contributed by atoms with van der Waals surface area (Å²) in [6.07, 6.45) is 0.707. The van der Waals surface area contributed by atoms with E-state index in [0.717, 1.165) is 4.31 Å². The lowest BCUT2D eigenvalue weighted by Crippen LogP contribution is -2.52. The molecule has 3 aromatic rings. The number of ether oxygens (including phenoxy) is 1. The quantitative estimate of drug-likeness (QED) is 0.293. The van der Waals surface area contributed by atoms with E-state index in [1.54, 1.807) is 55.5 Å². The number of anilines is 1. The zero-order valence-electron chi connectivity index (χ0n) is 22.8. The molecule has 0 aliphatic rings. The van der Waals surface area contributed by atoms with Crippen molar-refractivity contribution in [1.29, 1.82) is 0 Å². The van der Waals surface area contributed by atoms with E-state index in [-0.39, 0.29) is 39.1 Å². The summed E-state index contributed by atoms with van der Waals surface area (Å²) in [5.74, 6) is -0.380. The van der Waals surface area contributed by atoms with Gasteiger partial charge in [0.25, 0.3) is 10.0 Å².